The molecule has 9 rings (SSSR count). The normalized spacial score (nSPS) is 19.5. The number of fused-ring (bicyclic) bond motifs is 1. The Morgan fingerprint density at radius 2 is 1.81 bits per heavy atom. The Hall–Kier alpha value is -6.89. The zero-order chi connectivity index (χ0) is 53.0. The molecule has 18 nitrogen and oxygen atoms in total. The summed E-state index contributed by atoms with van der Waals surface area (Å²) in [7, 11) is 1.86. The van der Waals surface area contributed by atoms with E-state index >= 15 is 0 Å². The SMILES string of the molecule is CNc1cc(-c2ccc3cc(C#N)cnn23)ncc1-c1nnc(C2CCC(NC(=O)CCCCCOc3cc(-c4scnc4C)ccc3CNC(=O)[C@@H]3C[C@@H](O)CN3C(=O)[C@@H](NC(=O)C3(F)CC3)C(C)(C)C)CC2)s1. The molecule has 0 spiro atoms. The van der Waals surface area contributed by atoms with Crippen molar-refractivity contribution in [2.45, 2.75) is 141 Å². The number of aryl methyl sites for hydroxylation is 1. The first-order valence-electron chi connectivity index (χ1n) is 25.6. The third-order valence-electron chi connectivity index (χ3n) is 14.4. The molecule has 75 heavy (non-hydrogen) atoms. The zero-order valence-electron chi connectivity index (χ0n) is 42.8. The monoisotopic (exact) mass is 1060 g/mol. The number of β-amino-alcohol motifs (C(OH)–C–C–N with tert-alkyl or cyclic N) is 1. The maximum atomic E-state index is 14.7. The van der Waals surface area contributed by atoms with E-state index in [-0.39, 0.29) is 50.2 Å². The molecular formula is C54H63FN12O6S2. The van der Waals surface area contributed by atoms with E-state index in [1.807, 2.05) is 50.4 Å². The number of pyridine rings is 1. The van der Waals surface area contributed by atoms with Crippen LogP contribution in [-0.4, -0.2) is 114 Å². The van der Waals surface area contributed by atoms with Gasteiger partial charge in [0.1, 0.15) is 28.9 Å². The fourth-order valence-corrected chi connectivity index (χ4v) is 11.7. The maximum Gasteiger partial charge on any atom is 0.258 e. The lowest BCUT2D eigenvalue weighted by atomic mass is 9.85. The van der Waals surface area contributed by atoms with Gasteiger partial charge in [0.2, 0.25) is 17.7 Å². The molecule has 0 radical (unpaired) electrons. The zero-order valence-corrected chi connectivity index (χ0v) is 44.5. The number of halogens is 1. The molecule has 5 N–H and O–H groups in total. The number of nitriles is 1. The van der Waals surface area contributed by atoms with E-state index in [0.717, 1.165) is 86.4 Å². The summed E-state index contributed by atoms with van der Waals surface area (Å²) in [5.41, 5.74) is 6.10. The van der Waals surface area contributed by atoms with Crippen molar-refractivity contribution in [3.05, 3.63) is 82.2 Å². The van der Waals surface area contributed by atoms with E-state index < -0.39 is 47.0 Å². The number of alkyl halides is 1. The molecule has 0 unspecified atom stereocenters. The average molecular weight is 1060 g/mol. The van der Waals surface area contributed by atoms with E-state index in [1.54, 1.807) is 54.4 Å². The second-order valence-corrected chi connectivity index (χ2v) is 22.8. The Morgan fingerprint density at radius 1 is 1.01 bits per heavy atom. The van der Waals surface area contributed by atoms with Crippen molar-refractivity contribution in [1.82, 2.24) is 50.6 Å². The van der Waals surface area contributed by atoms with Gasteiger partial charge in [-0.1, -0.05) is 44.2 Å². The van der Waals surface area contributed by atoms with Gasteiger partial charge < -0.3 is 36.0 Å². The summed E-state index contributed by atoms with van der Waals surface area (Å²) in [6.07, 6.45) is 8.70. The molecule has 3 aliphatic rings. The highest BCUT2D eigenvalue weighted by atomic mass is 32.1. The molecule has 394 valence electrons. The van der Waals surface area contributed by atoms with Crippen molar-refractivity contribution in [1.29, 1.82) is 5.26 Å². The number of ether oxygens (including phenoxy) is 1. The number of anilines is 1. The Kier molecular flexibility index (Phi) is 15.9. The molecule has 1 aliphatic heterocycles. The van der Waals surface area contributed by atoms with Crippen LogP contribution in [0.15, 0.2) is 60.4 Å². The summed E-state index contributed by atoms with van der Waals surface area (Å²) >= 11 is 3.09. The van der Waals surface area contributed by atoms with E-state index in [2.05, 4.69) is 47.6 Å². The van der Waals surface area contributed by atoms with Crippen LogP contribution in [0.3, 0.4) is 0 Å². The summed E-state index contributed by atoms with van der Waals surface area (Å²) in [6, 6.07) is 13.5. The van der Waals surface area contributed by atoms with Gasteiger partial charge in [-0.3, -0.25) is 24.2 Å². The number of thiazole rings is 1. The summed E-state index contributed by atoms with van der Waals surface area (Å²) in [6.45, 7) is 7.60. The smallest absolute Gasteiger partial charge is 0.258 e. The molecule has 5 aromatic heterocycles. The van der Waals surface area contributed by atoms with Crippen molar-refractivity contribution in [3.63, 3.8) is 0 Å². The number of nitrogens with one attached hydrogen (secondary N) is 4. The summed E-state index contributed by atoms with van der Waals surface area (Å²) in [4.78, 5) is 65.1. The molecule has 6 heterocycles. The van der Waals surface area contributed by atoms with Gasteiger partial charge in [0.25, 0.3) is 5.91 Å². The molecular weight excluding hydrogens is 996 g/mol. The van der Waals surface area contributed by atoms with Crippen molar-refractivity contribution in [2.75, 3.05) is 25.5 Å². The van der Waals surface area contributed by atoms with Gasteiger partial charge in [0, 0.05) is 62.4 Å². The highest BCUT2D eigenvalue weighted by Gasteiger charge is 2.53. The van der Waals surface area contributed by atoms with Gasteiger partial charge in [0.05, 0.1) is 63.0 Å². The van der Waals surface area contributed by atoms with Crippen molar-refractivity contribution < 1.29 is 33.4 Å². The van der Waals surface area contributed by atoms with Gasteiger partial charge in [-0.05, 0) is 106 Å². The summed E-state index contributed by atoms with van der Waals surface area (Å²) < 4.78 is 22.8. The lowest BCUT2D eigenvalue weighted by Crippen LogP contribution is -2.59. The largest absolute Gasteiger partial charge is 0.493 e. The van der Waals surface area contributed by atoms with Crippen molar-refractivity contribution >= 4 is 57.5 Å². The predicted molar refractivity (Wildman–Crippen MR) is 283 cm³/mol. The Morgan fingerprint density at radius 3 is 2.53 bits per heavy atom. The summed E-state index contributed by atoms with van der Waals surface area (Å²) in [5, 5.41) is 47.4. The first-order chi connectivity index (χ1) is 36.0. The Bertz CT molecular complexity index is 3110. The molecule has 21 heteroatoms. The second-order valence-electron chi connectivity index (χ2n) is 20.9. The van der Waals surface area contributed by atoms with Gasteiger partial charge in [0.15, 0.2) is 10.7 Å². The molecule has 2 saturated carbocycles. The number of carbonyl (C=O) groups excluding carboxylic acids is 4. The molecule has 6 aromatic rings. The lowest BCUT2D eigenvalue weighted by Gasteiger charge is -2.35. The number of nitrogens with zero attached hydrogens (tertiary/aromatic N) is 8. The number of hydrogen-bond acceptors (Lipinski definition) is 15. The number of aliphatic hydroxyl groups excluding tert-OH is 1. The predicted octanol–water partition coefficient (Wildman–Crippen LogP) is 7.65. The van der Waals surface area contributed by atoms with Crippen LogP contribution in [0.2, 0.25) is 0 Å². The number of carbonyl (C=O) groups is 4. The van der Waals surface area contributed by atoms with Crippen LogP contribution < -0.4 is 26.0 Å². The van der Waals surface area contributed by atoms with E-state index in [9.17, 15) is 33.9 Å². The minimum Gasteiger partial charge on any atom is -0.493 e. The molecule has 3 atom stereocenters. The number of aromatic nitrogens is 6. The molecule has 2 aliphatic carbocycles. The minimum absolute atomic E-state index is 0.0174. The molecule has 1 aromatic carbocycles. The molecule has 4 amide bonds. The Labute approximate surface area is 442 Å². The van der Waals surface area contributed by atoms with Crippen LogP contribution in [0.5, 0.6) is 5.75 Å². The number of aliphatic hydroxyl groups is 1. The average Bonchev–Trinajstić information content (AvgIpc) is 3.88. The van der Waals surface area contributed by atoms with Crippen LogP contribution in [0.4, 0.5) is 10.1 Å². The third-order valence-corrected chi connectivity index (χ3v) is 16.5. The molecule has 1 saturated heterocycles. The van der Waals surface area contributed by atoms with Crippen LogP contribution in [0.25, 0.3) is 37.9 Å². The maximum absolute atomic E-state index is 14.7. The number of hydrogen-bond donors (Lipinski definition) is 5. The van der Waals surface area contributed by atoms with E-state index in [1.165, 1.54) is 22.4 Å². The van der Waals surface area contributed by atoms with Crippen molar-refractivity contribution in [3.8, 4) is 44.2 Å². The van der Waals surface area contributed by atoms with Gasteiger partial charge in [-0.2, -0.15) is 10.4 Å². The lowest BCUT2D eigenvalue weighted by molar-refractivity contribution is -0.145. The van der Waals surface area contributed by atoms with Crippen molar-refractivity contribution in [2.24, 2.45) is 5.41 Å². The quantitative estimate of drug-likeness (QED) is 0.0490. The van der Waals surface area contributed by atoms with E-state index in [4.69, 9.17) is 9.72 Å². The number of amides is 4. The third kappa shape index (κ3) is 12.1. The fourth-order valence-electron chi connectivity index (χ4n) is 9.84. The minimum atomic E-state index is -1.98. The second kappa shape index (κ2) is 22.5. The van der Waals surface area contributed by atoms with Crippen LogP contribution >= 0.6 is 22.7 Å². The Balaban J connectivity index is 0.734. The number of rotatable bonds is 19. The van der Waals surface area contributed by atoms with Gasteiger partial charge in [-0.25, -0.2) is 13.9 Å². The van der Waals surface area contributed by atoms with Gasteiger partial charge >= 0.3 is 0 Å². The van der Waals surface area contributed by atoms with Crippen LogP contribution in [0.1, 0.15) is 119 Å². The van der Waals surface area contributed by atoms with E-state index in [0.29, 0.717) is 42.7 Å². The number of unbranched alkanes of at least 4 members (excludes halogenated alkanes) is 2. The number of likely N-dealkylation sites (tertiary alicyclic amines) is 1. The molecule has 0 bridgehead atoms. The first kappa shape index (κ1) is 53.0. The first-order valence-corrected chi connectivity index (χ1v) is 27.3. The highest BCUT2D eigenvalue weighted by Crippen LogP contribution is 2.42. The van der Waals surface area contributed by atoms with Gasteiger partial charge in [-0.15, -0.1) is 21.5 Å². The van der Waals surface area contributed by atoms with Crippen LogP contribution in [-0.2, 0) is 25.7 Å². The highest BCUT2D eigenvalue weighted by molar-refractivity contribution is 7.14. The number of benzene rings is 1. The van der Waals surface area contributed by atoms with Crippen LogP contribution in [0, 0.1) is 23.7 Å². The topological polar surface area (TPSA) is 242 Å². The fraction of sp³-hybridized carbons (Fsp3) is 0.481. The molecule has 3 fully saturated rings. The standard InChI is InChI=1S/C54H63FN12O6S2/c1-31-46(74-30-60-31)34-10-11-35(27-59-48(70)43-23-38(68)29-66(43)51(71)47(53(2,3)4)63-52(72)54(55)18-19-54)44(22-34)73-20-8-6-7-9-45(69)62-36-14-12-33(13-15-36)49-64-65-50(75-49)39-28-58-41(24-40(39)57-5)42-17-16-37-21-32(25-56)26-61-67(37)42/h10-11,16-17,21-22,24,26,28,30,33,36,38,43,47,68H,6-9,12-15,18-20,23,27,29H2,1-5H3,(H,57,58)(H,59,70)(H,62,69)(H,63,72)/t33?,36?,38-,43+,47-/m1/s1. The summed E-state index contributed by atoms with van der Waals surface area (Å²) in [5.74, 6) is -0.970.